The summed E-state index contributed by atoms with van der Waals surface area (Å²) in [6, 6.07) is 5.11. The third-order valence-corrected chi connectivity index (χ3v) is 5.33. The van der Waals surface area contributed by atoms with Crippen LogP contribution in [0.15, 0.2) is 35.5 Å². The zero-order valence-electron chi connectivity index (χ0n) is 14.0. The van der Waals surface area contributed by atoms with Gasteiger partial charge in [-0.15, -0.1) is 0 Å². The molecule has 24 heavy (non-hydrogen) atoms. The minimum absolute atomic E-state index is 0.164. The molecule has 0 aliphatic carbocycles. The van der Waals surface area contributed by atoms with Gasteiger partial charge >= 0.3 is 0 Å². The first-order valence-corrected chi connectivity index (χ1v) is 9.60. The van der Waals surface area contributed by atoms with Crippen LogP contribution in [0.1, 0.15) is 25.2 Å². The fraction of sp³-hybridized carbons (Fsp3) is 0.500. The monoisotopic (exact) mass is 349 g/mol. The van der Waals surface area contributed by atoms with E-state index in [0.29, 0.717) is 5.92 Å². The molecule has 1 aliphatic heterocycles. The number of hydrogen-bond donors (Lipinski definition) is 1. The van der Waals surface area contributed by atoms with Crippen LogP contribution in [0.5, 0.6) is 0 Å². The number of rotatable bonds is 6. The highest BCUT2D eigenvalue weighted by atomic mass is 32.2. The lowest BCUT2D eigenvalue weighted by Crippen LogP contribution is -2.36. The molecule has 0 atom stereocenters. The zero-order chi connectivity index (χ0) is 17.2. The van der Waals surface area contributed by atoms with Crippen LogP contribution in [0.3, 0.4) is 0 Å². The average Bonchev–Trinajstić information content (AvgIpc) is 2.95. The van der Waals surface area contributed by atoms with Gasteiger partial charge in [-0.05, 0) is 24.1 Å². The molecule has 0 amide bonds. The van der Waals surface area contributed by atoms with Crippen LogP contribution in [0.25, 0.3) is 0 Å². The van der Waals surface area contributed by atoms with Crippen molar-refractivity contribution in [2.24, 2.45) is 5.92 Å². The van der Waals surface area contributed by atoms with E-state index in [2.05, 4.69) is 33.6 Å². The van der Waals surface area contributed by atoms with Gasteiger partial charge in [0.1, 0.15) is 4.90 Å². The van der Waals surface area contributed by atoms with Crippen molar-refractivity contribution in [3.8, 4) is 0 Å². The quantitative estimate of drug-likeness (QED) is 0.848. The Morgan fingerprint density at radius 2 is 2.17 bits per heavy atom. The Bertz CT molecular complexity index is 786. The van der Waals surface area contributed by atoms with E-state index in [1.807, 2.05) is 10.7 Å². The minimum Gasteiger partial charge on any atom is -0.295 e. The molecule has 1 N–H and O–H groups in total. The lowest BCUT2D eigenvalue weighted by Gasteiger charge is -2.28. The standard InChI is InChI=1S/C16H23N5O2S/c1-13(2)11-20-6-7-21-15(12-20)8-14(19-21)9-18-24(22,23)16-4-3-5-17-10-16/h3-5,8,10,13,18H,6-7,9,11-12H2,1-2H3. The van der Waals surface area contributed by atoms with E-state index in [9.17, 15) is 8.42 Å². The molecule has 3 heterocycles. The van der Waals surface area contributed by atoms with Gasteiger partial charge in [-0.3, -0.25) is 14.6 Å². The van der Waals surface area contributed by atoms with Crippen LogP contribution < -0.4 is 4.72 Å². The molecule has 2 aromatic rings. The third-order valence-electron chi connectivity index (χ3n) is 3.94. The maximum absolute atomic E-state index is 12.2. The van der Waals surface area contributed by atoms with Gasteiger partial charge in [0.05, 0.1) is 24.5 Å². The summed E-state index contributed by atoms with van der Waals surface area (Å²) in [6.07, 6.45) is 2.88. The van der Waals surface area contributed by atoms with Gasteiger partial charge in [-0.25, -0.2) is 13.1 Å². The second-order valence-electron chi connectivity index (χ2n) is 6.49. The topological polar surface area (TPSA) is 80.1 Å². The molecule has 8 heteroatoms. The fourth-order valence-corrected chi connectivity index (χ4v) is 3.86. The third kappa shape index (κ3) is 4.00. The van der Waals surface area contributed by atoms with Crippen LogP contribution >= 0.6 is 0 Å². The molecule has 2 aromatic heterocycles. The van der Waals surface area contributed by atoms with Crippen molar-refractivity contribution in [1.82, 2.24) is 24.4 Å². The summed E-state index contributed by atoms with van der Waals surface area (Å²) in [7, 11) is -3.56. The summed E-state index contributed by atoms with van der Waals surface area (Å²) in [5, 5.41) is 4.51. The van der Waals surface area contributed by atoms with Gasteiger partial charge < -0.3 is 0 Å². The minimum atomic E-state index is -3.56. The zero-order valence-corrected chi connectivity index (χ0v) is 14.8. The second kappa shape index (κ2) is 7.00. The Labute approximate surface area is 142 Å². The van der Waals surface area contributed by atoms with E-state index < -0.39 is 10.0 Å². The van der Waals surface area contributed by atoms with Gasteiger partial charge in [-0.1, -0.05) is 13.8 Å². The van der Waals surface area contributed by atoms with Crippen molar-refractivity contribution in [3.63, 3.8) is 0 Å². The van der Waals surface area contributed by atoms with E-state index in [0.717, 1.165) is 37.6 Å². The number of nitrogens with one attached hydrogen (secondary N) is 1. The number of sulfonamides is 1. The van der Waals surface area contributed by atoms with Crippen molar-refractivity contribution < 1.29 is 8.42 Å². The molecule has 1 aliphatic rings. The van der Waals surface area contributed by atoms with Crippen LogP contribution in [-0.2, 0) is 29.7 Å². The number of hydrogen-bond acceptors (Lipinski definition) is 5. The summed E-state index contributed by atoms with van der Waals surface area (Å²) in [4.78, 5) is 6.42. The lowest BCUT2D eigenvalue weighted by molar-refractivity contribution is 0.192. The number of pyridine rings is 1. The second-order valence-corrected chi connectivity index (χ2v) is 8.26. The highest BCUT2D eigenvalue weighted by Gasteiger charge is 2.20. The van der Waals surface area contributed by atoms with E-state index >= 15 is 0 Å². The highest BCUT2D eigenvalue weighted by Crippen LogP contribution is 2.15. The number of fused-ring (bicyclic) bond motifs is 1. The van der Waals surface area contributed by atoms with Gasteiger partial charge in [0, 0.05) is 32.0 Å². The molecule has 0 bridgehead atoms. The van der Waals surface area contributed by atoms with Gasteiger partial charge in [0.2, 0.25) is 10.0 Å². The molecular formula is C16H23N5O2S. The Balaban J connectivity index is 1.65. The predicted octanol–water partition coefficient (Wildman–Crippen LogP) is 1.23. The molecule has 3 rings (SSSR count). The summed E-state index contributed by atoms with van der Waals surface area (Å²) >= 11 is 0. The number of nitrogens with zero attached hydrogens (tertiary/aromatic N) is 4. The average molecular weight is 349 g/mol. The summed E-state index contributed by atoms with van der Waals surface area (Å²) in [5.41, 5.74) is 1.88. The van der Waals surface area contributed by atoms with Crippen molar-refractivity contribution in [2.45, 2.75) is 38.4 Å². The molecule has 130 valence electrons. The van der Waals surface area contributed by atoms with Crippen molar-refractivity contribution in [3.05, 3.63) is 42.0 Å². The number of aromatic nitrogens is 3. The van der Waals surface area contributed by atoms with Crippen molar-refractivity contribution in [1.29, 1.82) is 0 Å². The maximum Gasteiger partial charge on any atom is 0.242 e. The van der Waals surface area contributed by atoms with Crippen molar-refractivity contribution >= 4 is 10.0 Å². The fourth-order valence-electron chi connectivity index (χ4n) is 2.90. The first kappa shape index (κ1) is 17.1. The SMILES string of the molecule is CC(C)CN1CCn2nc(CNS(=O)(=O)c3cccnc3)cc2C1. The Kier molecular flexibility index (Phi) is 4.98. The van der Waals surface area contributed by atoms with E-state index in [-0.39, 0.29) is 11.4 Å². The Hall–Kier alpha value is -1.77. The Morgan fingerprint density at radius 3 is 2.88 bits per heavy atom. The summed E-state index contributed by atoms with van der Waals surface area (Å²) in [6.45, 7) is 8.36. The molecule has 0 unspecified atom stereocenters. The van der Waals surface area contributed by atoms with Crippen LogP contribution in [-0.4, -0.2) is 41.2 Å². The summed E-state index contributed by atoms with van der Waals surface area (Å²) in [5.74, 6) is 0.630. The first-order chi connectivity index (χ1) is 11.4. The highest BCUT2D eigenvalue weighted by molar-refractivity contribution is 7.89. The molecule has 0 radical (unpaired) electrons. The molecule has 7 nitrogen and oxygen atoms in total. The predicted molar refractivity (Wildman–Crippen MR) is 90.6 cm³/mol. The first-order valence-electron chi connectivity index (χ1n) is 8.12. The Morgan fingerprint density at radius 1 is 1.33 bits per heavy atom. The summed E-state index contributed by atoms with van der Waals surface area (Å²) < 4.78 is 29.0. The largest absolute Gasteiger partial charge is 0.295 e. The molecule has 0 saturated carbocycles. The molecule has 0 aromatic carbocycles. The molecule has 0 fully saturated rings. The van der Waals surface area contributed by atoms with Gasteiger partial charge in [-0.2, -0.15) is 5.10 Å². The van der Waals surface area contributed by atoms with E-state index in [4.69, 9.17) is 0 Å². The molecule has 0 spiro atoms. The smallest absolute Gasteiger partial charge is 0.242 e. The van der Waals surface area contributed by atoms with Gasteiger partial charge in [0.25, 0.3) is 0 Å². The van der Waals surface area contributed by atoms with Crippen LogP contribution in [0, 0.1) is 5.92 Å². The van der Waals surface area contributed by atoms with E-state index in [1.54, 1.807) is 12.3 Å². The van der Waals surface area contributed by atoms with Gasteiger partial charge in [0.15, 0.2) is 0 Å². The molecule has 0 saturated heterocycles. The maximum atomic E-state index is 12.2. The van der Waals surface area contributed by atoms with Crippen molar-refractivity contribution in [2.75, 3.05) is 13.1 Å². The van der Waals surface area contributed by atoms with Crippen LogP contribution in [0.2, 0.25) is 0 Å². The van der Waals surface area contributed by atoms with Crippen LogP contribution in [0.4, 0.5) is 0 Å². The lowest BCUT2D eigenvalue weighted by atomic mass is 10.2. The normalized spacial score (nSPS) is 15.6. The molecular weight excluding hydrogens is 326 g/mol. The van der Waals surface area contributed by atoms with E-state index in [1.165, 1.54) is 12.3 Å².